The van der Waals surface area contributed by atoms with Gasteiger partial charge >= 0.3 is 0 Å². The molecule has 0 fully saturated rings. The summed E-state index contributed by atoms with van der Waals surface area (Å²) in [7, 11) is 0. The van der Waals surface area contributed by atoms with Gasteiger partial charge in [0, 0.05) is 17.7 Å². The van der Waals surface area contributed by atoms with E-state index in [1.165, 1.54) is 0 Å². The van der Waals surface area contributed by atoms with Crippen molar-refractivity contribution in [2.75, 3.05) is 6.54 Å². The summed E-state index contributed by atoms with van der Waals surface area (Å²) >= 11 is 0. The molecule has 1 aromatic carbocycles. The molecule has 18 heavy (non-hydrogen) atoms. The van der Waals surface area contributed by atoms with E-state index in [2.05, 4.69) is 19.2 Å². The number of aryl methyl sites for hydroxylation is 1. The van der Waals surface area contributed by atoms with E-state index < -0.39 is 0 Å². The summed E-state index contributed by atoms with van der Waals surface area (Å²) in [6, 6.07) is 5.64. The molecule has 1 N–H and O–H groups in total. The van der Waals surface area contributed by atoms with E-state index in [9.17, 15) is 10.1 Å². The van der Waals surface area contributed by atoms with Crippen LogP contribution < -0.4 is 5.32 Å². The van der Waals surface area contributed by atoms with Gasteiger partial charge in [-0.05, 0) is 38.8 Å². The molecule has 0 aliphatic carbocycles. The van der Waals surface area contributed by atoms with Gasteiger partial charge in [-0.15, -0.1) is 0 Å². The van der Waals surface area contributed by atoms with Crippen molar-refractivity contribution < 1.29 is 4.92 Å². The van der Waals surface area contributed by atoms with Gasteiger partial charge in [0.05, 0.1) is 4.92 Å². The number of nitrogens with zero attached hydrogens (tertiary/aromatic N) is 1. The molecule has 0 spiro atoms. The van der Waals surface area contributed by atoms with E-state index >= 15 is 0 Å². The number of benzene rings is 1. The van der Waals surface area contributed by atoms with Gasteiger partial charge in [0.15, 0.2) is 0 Å². The molecule has 100 valence electrons. The largest absolute Gasteiger partial charge is 0.314 e. The van der Waals surface area contributed by atoms with Crippen molar-refractivity contribution in [1.29, 1.82) is 0 Å². The average Bonchev–Trinajstić information content (AvgIpc) is 2.34. The van der Waals surface area contributed by atoms with Crippen molar-refractivity contribution in [1.82, 2.24) is 5.32 Å². The average molecular weight is 250 g/mol. The molecule has 1 unspecified atom stereocenters. The Hall–Kier alpha value is -1.42. The van der Waals surface area contributed by atoms with Gasteiger partial charge in [0.25, 0.3) is 5.69 Å². The van der Waals surface area contributed by atoms with E-state index in [0.717, 1.165) is 30.5 Å². The van der Waals surface area contributed by atoms with E-state index in [1.807, 2.05) is 13.0 Å². The van der Waals surface area contributed by atoms with Crippen molar-refractivity contribution in [3.05, 3.63) is 39.4 Å². The molecule has 4 nitrogen and oxygen atoms in total. The standard InChI is InChI=1S/C14H22N2O2/c1-4-8-15-13(5-2)10-12-9-11(3)6-7-14(12)16(17)18/h6-7,9,13,15H,4-5,8,10H2,1-3H3. The molecule has 0 aliphatic heterocycles. The Bertz CT molecular complexity index is 405. The predicted octanol–water partition coefficient (Wildman–Crippen LogP) is 3.22. The van der Waals surface area contributed by atoms with Gasteiger partial charge in [-0.2, -0.15) is 0 Å². The van der Waals surface area contributed by atoms with Gasteiger partial charge in [0.2, 0.25) is 0 Å². The van der Waals surface area contributed by atoms with Crippen LogP contribution in [0.15, 0.2) is 18.2 Å². The van der Waals surface area contributed by atoms with Crippen LogP contribution in [0, 0.1) is 17.0 Å². The first-order chi connectivity index (χ1) is 8.58. The first-order valence-electron chi connectivity index (χ1n) is 6.55. The molecule has 0 aliphatic rings. The number of hydrogen-bond acceptors (Lipinski definition) is 3. The lowest BCUT2D eigenvalue weighted by Crippen LogP contribution is -2.31. The maximum Gasteiger partial charge on any atom is 0.272 e. The van der Waals surface area contributed by atoms with Crippen LogP contribution in [0.1, 0.15) is 37.8 Å². The van der Waals surface area contributed by atoms with Gasteiger partial charge in [0.1, 0.15) is 0 Å². The van der Waals surface area contributed by atoms with Crippen LogP contribution in [0.3, 0.4) is 0 Å². The van der Waals surface area contributed by atoms with Crippen LogP contribution in [-0.2, 0) is 6.42 Å². The van der Waals surface area contributed by atoms with Gasteiger partial charge < -0.3 is 5.32 Å². The van der Waals surface area contributed by atoms with E-state index in [-0.39, 0.29) is 10.6 Å². The summed E-state index contributed by atoms with van der Waals surface area (Å²) in [6.07, 6.45) is 2.77. The van der Waals surface area contributed by atoms with Crippen molar-refractivity contribution in [2.24, 2.45) is 0 Å². The smallest absolute Gasteiger partial charge is 0.272 e. The molecule has 0 saturated heterocycles. The molecule has 4 heteroatoms. The van der Waals surface area contributed by atoms with Crippen LogP contribution >= 0.6 is 0 Å². The quantitative estimate of drug-likeness (QED) is 0.597. The van der Waals surface area contributed by atoms with Crippen LogP contribution in [0.4, 0.5) is 5.69 Å². The molecule has 1 rings (SSSR count). The molecule has 1 atom stereocenters. The van der Waals surface area contributed by atoms with Crippen molar-refractivity contribution >= 4 is 5.69 Å². The zero-order chi connectivity index (χ0) is 13.5. The Morgan fingerprint density at radius 3 is 2.67 bits per heavy atom. The second-order valence-electron chi connectivity index (χ2n) is 4.65. The predicted molar refractivity (Wildman–Crippen MR) is 73.9 cm³/mol. The molecule has 0 saturated carbocycles. The highest BCUT2D eigenvalue weighted by Gasteiger charge is 2.16. The second-order valence-corrected chi connectivity index (χ2v) is 4.65. The van der Waals surface area contributed by atoms with Gasteiger partial charge in [-0.25, -0.2) is 0 Å². The molecule has 0 aromatic heterocycles. The molecule has 0 amide bonds. The lowest BCUT2D eigenvalue weighted by atomic mass is 10.0. The lowest BCUT2D eigenvalue weighted by Gasteiger charge is -2.16. The third-order valence-corrected chi connectivity index (χ3v) is 3.07. The Labute approximate surface area is 109 Å². The van der Waals surface area contributed by atoms with Crippen LogP contribution in [0.5, 0.6) is 0 Å². The lowest BCUT2D eigenvalue weighted by molar-refractivity contribution is -0.385. The summed E-state index contributed by atoms with van der Waals surface area (Å²) in [4.78, 5) is 10.7. The molecule has 1 aromatic rings. The first kappa shape index (κ1) is 14.6. The summed E-state index contributed by atoms with van der Waals surface area (Å²) in [5, 5.41) is 14.4. The Kier molecular flexibility index (Phi) is 5.78. The SMILES string of the molecule is CCCNC(CC)Cc1cc(C)ccc1[N+](=O)[O-]. The van der Waals surface area contributed by atoms with Crippen molar-refractivity contribution in [3.63, 3.8) is 0 Å². The first-order valence-corrected chi connectivity index (χ1v) is 6.55. The Morgan fingerprint density at radius 2 is 2.11 bits per heavy atom. The molecule has 0 bridgehead atoms. The number of nitro groups is 1. The fourth-order valence-electron chi connectivity index (χ4n) is 2.03. The third-order valence-electron chi connectivity index (χ3n) is 3.07. The second kappa shape index (κ2) is 7.11. The van der Waals surface area contributed by atoms with Crippen molar-refractivity contribution in [2.45, 2.75) is 46.1 Å². The minimum atomic E-state index is -0.290. The molecular formula is C14H22N2O2. The Balaban J connectivity index is 2.86. The van der Waals surface area contributed by atoms with E-state index in [0.29, 0.717) is 12.5 Å². The highest BCUT2D eigenvalue weighted by atomic mass is 16.6. The number of nitrogens with one attached hydrogen (secondary N) is 1. The minimum absolute atomic E-state index is 0.234. The molecular weight excluding hydrogens is 228 g/mol. The van der Waals surface area contributed by atoms with E-state index in [4.69, 9.17) is 0 Å². The van der Waals surface area contributed by atoms with Gasteiger partial charge in [-0.3, -0.25) is 10.1 Å². The number of rotatable bonds is 7. The summed E-state index contributed by atoms with van der Waals surface area (Å²) < 4.78 is 0. The minimum Gasteiger partial charge on any atom is -0.314 e. The zero-order valence-electron chi connectivity index (χ0n) is 11.4. The number of nitro benzene ring substituents is 1. The highest BCUT2D eigenvalue weighted by molar-refractivity contribution is 5.43. The highest BCUT2D eigenvalue weighted by Crippen LogP contribution is 2.21. The maximum atomic E-state index is 11.0. The van der Waals surface area contributed by atoms with Gasteiger partial charge in [-0.1, -0.05) is 25.5 Å². The summed E-state index contributed by atoms with van der Waals surface area (Å²) in [5.41, 5.74) is 2.13. The van der Waals surface area contributed by atoms with Crippen LogP contribution in [0.2, 0.25) is 0 Å². The normalized spacial score (nSPS) is 12.4. The number of hydrogen-bond donors (Lipinski definition) is 1. The van der Waals surface area contributed by atoms with Crippen molar-refractivity contribution in [3.8, 4) is 0 Å². The zero-order valence-corrected chi connectivity index (χ0v) is 11.4. The summed E-state index contributed by atoms with van der Waals surface area (Å²) in [5.74, 6) is 0. The fourth-order valence-corrected chi connectivity index (χ4v) is 2.03. The topological polar surface area (TPSA) is 55.2 Å². The monoisotopic (exact) mass is 250 g/mol. The third kappa shape index (κ3) is 4.11. The van der Waals surface area contributed by atoms with Crippen LogP contribution in [0.25, 0.3) is 0 Å². The van der Waals surface area contributed by atoms with E-state index in [1.54, 1.807) is 12.1 Å². The maximum absolute atomic E-state index is 11.0. The van der Waals surface area contributed by atoms with Crippen LogP contribution in [-0.4, -0.2) is 17.5 Å². The Morgan fingerprint density at radius 1 is 1.39 bits per heavy atom. The molecule has 0 heterocycles. The fraction of sp³-hybridized carbons (Fsp3) is 0.571. The molecule has 0 radical (unpaired) electrons. The summed E-state index contributed by atoms with van der Waals surface area (Å²) in [6.45, 7) is 7.15.